The summed E-state index contributed by atoms with van der Waals surface area (Å²) in [6.07, 6.45) is 1.88. The Morgan fingerprint density at radius 1 is 1.24 bits per heavy atom. The van der Waals surface area contributed by atoms with E-state index in [1.165, 1.54) is 0 Å². The van der Waals surface area contributed by atoms with Gasteiger partial charge >= 0.3 is 6.03 Å². The minimum absolute atomic E-state index is 0.407. The molecule has 1 aromatic carbocycles. The second kappa shape index (κ2) is 6.52. The largest absolute Gasteiger partial charge is 0.399 e. The molecule has 3 amide bonds. The summed E-state index contributed by atoms with van der Waals surface area (Å²) in [5.41, 5.74) is 6.48. The predicted octanol–water partition coefficient (Wildman–Crippen LogP) is 1.51. The average molecular weight is 235 g/mol. The zero-order valence-electron chi connectivity index (χ0n) is 9.82. The van der Waals surface area contributed by atoms with E-state index in [1.54, 1.807) is 24.3 Å². The van der Waals surface area contributed by atoms with Crippen LogP contribution < -0.4 is 16.4 Å². The summed E-state index contributed by atoms with van der Waals surface area (Å²) >= 11 is 0. The molecule has 0 fully saturated rings. The fourth-order valence-corrected chi connectivity index (χ4v) is 1.23. The maximum Gasteiger partial charge on any atom is 0.321 e. The monoisotopic (exact) mass is 235 g/mol. The van der Waals surface area contributed by atoms with Crippen molar-refractivity contribution in [1.82, 2.24) is 10.6 Å². The van der Waals surface area contributed by atoms with E-state index in [1.807, 2.05) is 6.92 Å². The van der Waals surface area contributed by atoms with E-state index in [9.17, 15) is 9.59 Å². The van der Waals surface area contributed by atoms with Crippen molar-refractivity contribution >= 4 is 17.6 Å². The number of nitrogen functional groups attached to an aromatic ring is 1. The normalized spacial score (nSPS) is 9.71. The fourth-order valence-electron chi connectivity index (χ4n) is 1.23. The van der Waals surface area contributed by atoms with Gasteiger partial charge < -0.3 is 11.1 Å². The molecule has 0 aliphatic heterocycles. The minimum Gasteiger partial charge on any atom is -0.399 e. The summed E-state index contributed by atoms with van der Waals surface area (Å²) in [6, 6.07) is 5.90. The molecule has 0 bridgehead atoms. The predicted molar refractivity (Wildman–Crippen MR) is 66.6 cm³/mol. The molecular formula is C12H17N3O2. The number of hydrogen-bond acceptors (Lipinski definition) is 3. The van der Waals surface area contributed by atoms with E-state index >= 15 is 0 Å². The number of nitrogens with one attached hydrogen (secondary N) is 2. The van der Waals surface area contributed by atoms with Gasteiger partial charge in [-0.2, -0.15) is 0 Å². The molecule has 0 aliphatic carbocycles. The highest BCUT2D eigenvalue weighted by atomic mass is 16.2. The molecule has 1 aromatic rings. The highest BCUT2D eigenvalue weighted by Gasteiger charge is 2.08. The second-order valence-electron chi connectivity index (χ2n) is 3.69. The molecule has 0 heterocycles. The van der Waals surface area contributed by atoms with Gasteiger partial charge in [0.2, 0.25) is 0 Å². The van der Waals surface area contributed by atoms with E-state index in [-0.39, 0.29) is 0 Å². The maximum absolute atomic E-state index is 11.6. The molecule has 92 valence electrons. The van der Waals surface area contributed by atoms with Crippen LogP contribution in [0.3, 0.4) is 0 Å². The van der Waals surface area contributed by atoms with Crippen LogP contribution >= 0.6 is 0 Å². The lowest BCUT2D eigenvalue weighted by Gasteiger charge is -2.06. The maximum atomic E-state index is 11.6. The Bertz CT molecular complexity index is 387. The molecule has 1 rings (SSSR count). The number of nitrogens with two attached hydrogens (primary N) is 1. The summed E-state index contributed by atoms with van der Waals surface area (Å²) in [6.45, 7) is 2.59. The summed E-state index contributed by atoms with van der Waals surface area (Å²) < 4.78 is 0. The standard InChI is InChI=1S/C12H17N3O2/c1-2-3-8-14-12(17)15-11(16)9-4-6-10(13)7-5-9/h4-7H,2-3,8,13H2,1H3,(H2,14,15,16,17). The molecular weight excluding hydrogens is 218 g/mol. The van der Waals surface area contributed by atoms with Crippen LogP contribution in [0.5, 0.6) is 0 Å². The Hall–Kier alpha value is -2.04. The third-order valence-corrected chi connectivity index (χ3v) is 2.22. The summed E-state index contributed by atoms with van der Waals surface area (Å²) in [5, 5.41) is 4.84. The third-order valence-electron chi connectivity index (χ3n) is 2.22. The highest BCUT2D eigenvalue weighted by molar-refractivity contribution is 6.04. The number of anilines is 1. The van der Waals surface area contributed by atoms with E-state index in [4.69, 9.17) is 5.73 Å². The number of hydrogen-bond donors (Lipinski definition) is 3. The van der Waals surface area contributed by atoms with Gasteiger partial charge in [0.05, 0.1) is 0 Å². The second-order valence-corrected chi connectivity index (χ2v) is 3.69. The molecule has 0 radical (unpaired) electrons. The molecule has 0 aromatic heterocycles. The highest BCUT2D eigenvalue weighted by Crippen LogP contribution is 2.04. The Morgan fingerprint density at radius 3 is 2.47 bits per heavy atom. The summed E-state index contributed by atoms with van der Waals surface area (Å²) in [4.78, 5) is 22.9. The summed E-state index contributed by atoms with van der Waals surface area (Å²) in [7, 11) is 0. The first kappa shape index (κ1) is 13.0. The number of carbonyl (C=O) groups is 2. The molecule has 0 spiro atoms. The van der Waals surface area contributed by atoms with Gasteiger partial charge in [-0.3, -0.25) is 10.1 Å². The van der Waals surface area contributed by atoms with Gasteiger partial charge in [0.1, 0.15) is 0 Å². The Kier molecular flexibility index (Phi) is 5.00. The molecule has 5 heteroatoms. The van der Waals surface area contributed by atoms with Crippen molar-refractivity contribution in [3.63, 3.8) is 0 Å². The molecule has 0 atom stereocenters. The van der Waals surface area contributed by atoms with Crippen LogP contribution in [0.2, 0.25) is 0 Å². The van der Waals surface area contributed by atoms with Crippen LogP contribution in [-0.2, 0) is 0 Å². The molecule has 5 nitrogen and oxygen atoms in total. The van der Waals surface area contributed by atoms with Crippen molar-refractivity contribution in [3.05, 3.63) is 29.8 Å². The van der Waals surface area contributed by atoms with Crippen molar-refractivity contribution in [1.29, 1.82) is 0 Å². The minimum atomic E-state index is -0.472. The van der Waals surface area contributed by atoms with E-state index in [0.29, 0.717) is 17.8 Å². The molecule has 4 N–H and O–H groups in total. The number of rotatable bonds is 4. The SMILES string of the molecule is CCCCNC(=O)NC(=O)c1ccc(N)cc1. The van der Waals surface area contributed by atoms with Crippen LogP contribution in [0.4, 0.5) is 10.5 Å². The number of imide groups is 1. The van der Waals surface area contributed by atoms with Gasteiger partial charge in [-0.05, 0) is 30.7 Å². The first-order valence-electron chi connectivity index (χ1n) is 5.58. The van der Waals surface area contributed by atoms with Crippen molar-refractivity contribution in [2.45, 2.75) is 19.8 Å². The zero-order chi connectivity index (χ0) is 12.7. The fraction of sp³-hybridized carbons (Fsp3) is 0.333. The van der Waals surface area contributed by atoms with Gasteiger partial charge in [-0.25, -0.2) is 4.79 Å². The molecule has 0 aliphatic rings. The van der Waals surface area contributed by atoms with Crippen LogP contribution in [0.25, 0.3) is 0 Å². The Labute approximate surface area is 100 Å². The van der Waals surface area contributed by atoms with Crippen molar-refractivity contribution in [3.8, 4) is 0 Å². The van der Waals surface area contributed by atoms with Gasteiger partial charge in [-0.1, -0.05) is 13.3 Å². The zero-order valence-corrected chi connectivity index (χ0v) is 9.82. The lowest BCUT2D eigenvalue weighted by Crippen LogP contribution is -2.39. The van der Waals surface area contributed by atoms with Gasteiger partial charge in [0, 0.05) is 17.8 Å². The molecule has 17 heavy (non-hydrogen) atoms. The smallest absolute Gasteiger partial charge is 0.321 e. The lowest BCUT2D eigenvalue weighted by molar-refractivity contribution is 0.0964. The number of urea groups is 1. The number of benzene rings is 1. The van der Waals surface area contributed by atoms with Crippen molar-refractivity contribution < 1.29 is 9.59 Å². The van der Waals surface area contributed by atoms with Gasteiger partial charge in [0.15, 0.2) is 0 Å². The Morgan fingerprint density at radius 2 is 1.88 bits per heavy atom. The van der Waals surface area contributed by atoms with Crippen LogP contribution in [0.1, 0.15) is 30.1 Å². The number of unbranched alkanes of at least 4 members (excludes halogenated alkanes) is 1. The number of amides is 3. The van der Waals surface area contributed by atoms with E-state index in [0.717, 1.165) is 12.8 Å². The van der Waals surface area contributed by atoms with Gasteiger partial charge in [-0.15, -0.1) is 0 Å². The first-order valence-corrected chi connectivity index (χ1v) is 5.58. The van der Waals surface area contributed by atoms with Crippen molar-refractivity contribution in [2.75, 3.05) is 12.3 Å². The van der Waals surface area contributed by atoms with Crippen LogP contribution in [0.15, 0.2) is 24.3 Å². The lowest BCUT2D eigenvalue weighted by atomic mass is 10.2. The first-order chi connectivity index (χ1) is 8.13. The Balaban J connectivity index is 2.43. The summed E-state index contributed by atoms with van der Waals surface area (Å²) in [5.74, 6) is -0.431. The molecule has 0 saturated carbocycles. The third kappa shape index (κ3) is 4.55. The number of carbonyl (C=O) groups excluding carboxylic acids is 2. The van der Waals surface area contributed by atoms with Crippen molar-refractivity contribution in [2.24, 2.45) is 0 Å². The average Bonchev–Trinajstić information content (AvgIpc) is 2.30. The molecule has 0 unspecified atom stereocenters. The van der Waals surface area contributed by atoms with Gasteiger partial charge in [0.25, 0.3) is 5.91 Å². The van der Waals surface area contributed by atoms with Crippen LogP contribution in [0, 0.1) is 0 Å². The molecule has 0 saturated heterocycles. The quantitative estimate of drug-likeness (QED) is 0.546. The van der Waals surface area contributed by atoms with E-state index < -0.39 is 11.9 Å². The topological polar surface area (TPSA) is 84.2 Å². The van der Waals surface area contributed by atoms with E-state index in [2.05, 4.69) is 10.6 Å². The van der Waals surface area contributed by atoms with Crippen LogP contribution in [-0.4, -0.2) is 18.5 Å².